The molecule has 0 bridgehead atoms. The molecule has 5 heteroatoms. The number of benzene rings is 1. The zero-order chi connectivity index (χ0) is 16.8. The van der Waals surface area contributed by atoms with E-state index in [-0.39, 0.29) is 11.8 Å². The summed E-state index contributed by atoms with van der Waals surface area (Å²) in [5.74, 6) is 0.227. The smallest absolute Gasteiger partial charge is 0.224 e. The largest absolute Gasteiger partial charge is 0.352 e. The molecule has 126 valence electrons. The molecular weight excluding hydrogens is 366 g/mol. The van der Waals surface area contributed by atoms with E-state index in [4.69, 9.17) is 0 Å². The molecule has 1 unspecified atom stereocenters. The summed E-state index contributed by atoms with van der Waals surface area (Å²) in [7, 11) is 0. The van der Waals surface area contributed by atoms with E-state index in [0.29, 0.717) is 6.54 Å². The number of hydrogen-bond acceptors (Lipinski definition) is 3. The van der Waals surface area contributed by atoms with E-state index in [2.05, 4.69) is 55.4 Å². The molecule has 0 saturated carbocycles. The van der Waals surface area contributed by atoms with Crippen molar-refractivity contribution in [2.45, 2.75) is 25.9 Å². The molecule has 0 radical (unpaired) electrons. The molecule has 1 fully saturated rings. The topological polar surface area (TPSA) is 45.2 Å². The van der Waals surface area contributed by atoms with Crippen molar-refractivity contribution in [3.63, 3.8) is 0 Å². The van der Waals surface area contributed by atoms with Crippen molar-refractivity contribution in [2.75, 3.05) is 13.1 Å². The summed E-state index contributed by atoms with van der Waals surface area (Å²) in [6, 6.07) is 12.3. The first-order valence-electron chi connectivity index (χ1n) is 8.34. The lowest BCUT2D eigenvalue weighted by molar-refractivity contribution is -0.126. The molecule has 1 aliphatic rings. The third-order valence-electron chi connectivity index (χ3n) is 4.39. The number of nitrogens with zero attached hydrogens (tertiary/aromatic N) is 2. The molecule has 3 rings (SSSR count). The second-order valence-electron chi connectivity index (χ2n) is 6.28. The first-order chi connectivity index (χ1) is 11.7. The molecule has 2 heterocycles. The Balaban J connectivity index is 1.51. The summed E-state index contributed by atoms with van der Waals surface area (Å²) in [5.41, 5.74) is 2.32. The number of amides is 1. The summed E-state index contributed by atoms with van der Waals surface area (Å²) >= 11 is 3.46. The number of aromatic nitrogens is 1. The lowest BCUT2D eigenvalue weighted by Crippen LogP contribution is -2.42. The Morgan fingerprint density at radius 1 is 1.25 bits per heavy atom. The van der Waals surface area contributed by atoms with E-state index >= 15 is 0 Å². The average Bonchev–Trinajstić information content (AvgIpc) is 2.63. The summed E-state index contributed by atoms with van der Waals surface area (Å²) < 4.78 is 1.09. The fraction of sp³-hybridized carbons (Fsp3) is 0.368. The quantitative estimate of drug-likeness (QED) is 0.854. The molecule has 1 saturated heterocycles. The number of piperidine rings is 1. The van der Waals surface area contributed by atoms with Gasteiger partial charge in [0.25, 0.3) is 0 Å². The Labute approximate surface area is 151 Å². The van der Waals surface area contributed by atoms with Crippen LogP contribution in [0, 0.1) is 5.92 Å². The lowest BCUT2D eigenvalue weighted by Gasteiger charge is -2.32. The molecule has 0 spiro atoms. The summed E-state index contributed by atoms with van der Waals surface area (Å²) in [4.78, 5) is 18.9. The SMILES string of the molecule is O=C(NCc1cccnc1)C1CCCN(Cc2ccc(Br)cc2)C1. The maximum Gasteiger partial charge on any atom is 0.224 e. The minimum absolute atomic E-state index is 0.0749. The molecule has 1 amide bonds. The van der Waals surface area contributed by atoms with E-state index in [0.717, 1.165) is 42.5 Å². The van der Waals surface area contributed by atoms with Crippen molar-refractivity contribution in [3.8, 4) is 0 Å². The number of pyridine rings is 1. The van der Waals surface area contributed by atoms with Crippen molar-refractivity contribution >= 4 is 21.8 Å². The zero-order valence-corrected chi connectivity index (χ0v) is 15.2. The minimum atomic E-state index is 0.0749. The molecular formula is C19H22BrN3O. The highest BCUT2D eigenvalue weighted by atomic mass is 79.9. The average molecular weight is 388 g/mol. The fourth-order valence-electron chi connectivity index (χ4n) is 3.10. The highest BCUT2D eigenvalue weighted by molar-refractivity contribution is 9.10. The molecule has 1 aliphatic heterocycles. The Morgan fingerprint density at radius 2 is 2.08 bits per heavy atom. The van der Waals surface area contributed by atoms with Gasteiger partial charge in [0.1, 0.15) is 0 Å². The minimum Gasteiger partial charge on any atom is -0.352 e. The van der Waals surface area contributed by atoms with Gasteiger partial charge in [0.15, 0.2) is 0 Å². The van der Waals surface area contributed by atoms with Gasteiger partial charge < -0.3 is 5.32 Å². The number of likely N-dealkylation sites (tertiary alicyclic amines) is 1. The summed E-state index contributed by atoms with van der Waals surface area (Å²) in [5, 5.41) is 3.05. The normalized spacial score (nSPS) is 18.3. The fourth-order valence-corrected chi connectivity index (χ4v) is 3.36. The molecule has 1 atom stereocenters. The van der Waals surface area contributed by atoms with Gasteiger partial charge >= 0.3 is 0 Å². The lowest BCUT2D eigenvalue weighted by atomic mass is 9.96. The number of carbonyl (C=O) groups excluding carboxylic acids is 1. The van der Waals surface area contributed by atoms with Gasteiger partial charge in [-0.15, -0.1) is 0 Å². The van der Waals surface area contributed by atoms with Crippen LogP contribution in [0.5, 0.6) is 0 Å². The van der Waals surface area contributed by atoms with E-state index in [1.807, 2.05) is 12.1 Å². The van der Waals surface area contributed by atoms with Crippen LogP contribution in [-0.2, 0) is 17.9 Å². The predicted molar refractivity (Wildman–Crippen MR) is 98.2 cm³/mol. The van der Waals surface area contributed by atoms with Gasteiger partial charge in [-0.1, -0.05) is 34.1 Å². The van der Waals surface area contributed by atoms with Crippen molar-refractivity contribution in [1.82, 2.24) is 15.2 Å². The van der Waals surface area contributed by atoms with Gasteiger partial charge in [-0.2, -0.15) is 0 Å². The van der Waals surface area contributed by atoms with Crippen LogP contribution >= 0.6 is 15.9 Å². The molecule has 0 aliphatic carbocycles. The molecule has 1 aromatic carbocycles. The monoisotopic (exact) mass is 387 g/mol. The van der Waals surface area contributed by atoms with E-state index in [1.54, 1.807) is 12.4 Å². The second kappa shape index (κ2) is 8.40. The maximum absolute atomic E-state index is 12.4. The van der Waals surface area contributed by atoms with Crippen molar-refractivity contribution in [1.29, 1.82) is 0 Å². The number of nitrogens with one attached hydrogen (secondary N) is 1. The van der Waals surface area contributed by atoms with Crippen LogP contribution < -0.4 is 5.32 Å². The van der Waals surface area contributed by atoms with Gasteiger partial charge in [0.05, 0.1) is 5.92 Å². The highest BCUT2D eigenvalue weighted by Gasteiger charge is 2.25. The van der Waals surface area contributed by atoms with Gasteiger partial charge in [-0.25, -0.2) is 0 Å². The van der Waals surface area contributed by atoms with Crippen LogP contribution in [0.15, 0.2) is 53.3 Å². The maximum atomic E-state index is 12.4. The van der Waals surface area contributed by atoms with Crippen molar-refractivity contribution in [3.05, 3.63) is 64.4 Å². The highest BCUT2D eigenvalue weighted by Crippen LogP contribution is 2.20. The van der Waals surface area contributed by atoms with Crippen molar-refractivity contribution in [2.24, 2.45) is 5.92 Å². The third kappa shape index (κ3) is 4.89. The first-order valence-corrected chi connectivity index (χ1v) is 9.13. The molecule has 1 aromatic heterocycles. The van der Waals surface area contributed by atoms with Crippen LogP contribution in [0.4, 0.5) is 0 Å². The third-order valence-corrected chi connectivity index (χ3v) is 4.91. The second-order valence-corrected chi connectivity index (χ2v) is 7.20. The standard InChI is InChI=1S/C19H22BrN3O/c20-18-7-5-15(6-8-18)13-23-10-2-4-17(14-23)19(24)22-12-16-3-1-9-21-11-16/h1,3,5-9,11,17H,2,4,10,12-14H2,(H,22,24). The predicted octanol–water partition coefficient (Wildman–Crippen LogP) is 3.37. The molecule has 2 aromatic rings. The van der Waals surface area contributed by atoms with Crippen LogP contribution in [0.25, 0.3) is 0 Å². The van der Waals surface area contributed by atoms with Gasteiger partial charge in [-0.05, 0) is 48.7 Å². The number of hydrogen-bond donors (Lipinski definition) is 1. The van der Waals surface area contributed by atoms with E-state index < -0.39 is 0 Å². The Hall–Kier alpha value is -1.72. The van der Waals surface area contributed by atoms with Crippen LogP contribution in [0.1, 0.15) is 24.0 Å². The number of carbonyl (C=O) groups is 1. The Kier molecular flexibility index (Phi) is 5.99. The summed E-state index contributed by atoms with van der Waals surface area (Å²) in [6.45, 7) is 3.34. The van der Waals surface area contributed by atoms with Crippen molar-refractivity contribution < 1.29 is 4.79 Å². The first kappa shape index (κ1) is 17.1. The molecule has 4 nitrogen and oxygen atoms in total. The van der Waals surface area contributed by atoms with Gasteiger partial charge in [-0.3, -0.25) is 14.7 Å². The van der Waals surface area contributed by atoms with Crippen LogP contribution in [0.3, 0.4) is 0 Å². The summed E-state index contributed by atoms with van der Waals surface area (Å²) in [6.07, 6.45) is 5.57. The molecule has 1 N–H and O–H groups in total. The van der Waals surface area contributed by atoms with Gasteiger partial charge in [0.2, 0.25) is 5.91 Å². The van der Waals surface area contributed by atoms with Gasteiger partial charge in [0, 0.05) is 36.5 Å². The van der Waals surface area contributed by atoms with Crippen LogP contribution in [0.2, 0.25) is 0 Å². The Bertz CT molecular complexity index is 660. The molecule has 24 heavy (non-hydrogen) atoms. The van der Waals surface area contributed by atoms with Crippen LogP contribution in [-0.4, -0.2) is 28.9 Å². The van der Waals surface area contributed by atoms with E-state index in [1.165, 1.54) is 5.56 Å². The van der Waals surface area contributed by atoms with E-state index in [9.17, 15) is 4.79 Å². The Morgan fingerprint density at radius 3 is 2.83 bits per heavy atom. The number of halogens is 1. The number of rotatable bonds is 5. The zero-order valence-electron chi connectivity index (χ0n) is 13.6.